The van der Waals surface area contributed by atoms with Crippen LogP contribution >= 0.6 is 0 Å². The first-order valence-corrected chi connectivity index (χ1v) is 19.8. The molecule has 4 nitrogen and oxygen atoms in total. The Hall–Kier alpha value is -7.82. The summed E-state index contributed by atoms with van der Waals surface area (Å²) in [6.45, 7) is 0. The van der Waals surface area contributed by atoms with Crippen LogP contribution in [0.15, 0.2) is 206 Å². The van der Waals surface area contributed by atoms with Crippen LogP contribution in [0.5, 0.6) is 0 Å². The van der Waals surface area contributed by atoms with E-state index in [1.165, 1.54) is 43.8 Å². The number of hydrogen-bond donors (Lipinski definition) is 0. The Morgan fingerprint density at radius 1 is 0.345 bits per heavy atom. The monoisotopic (exact) mass is 738 g/mol. The van der Waals surface area contributed by atoms with Crippen molar-refractivity contribution < 1.29 is 0 Å². The molecule has 4 heteroatoms. The average molecular weight is 739 g/mol. The summed E-state index contributed by atoms with van der Waals surface area (Å²) in [4.78, 5) is 11.0. The maximum Gasteiger partial charge on any atom is 0.221 e. The van der Waals surface area contributed by atoms with Gasteiger partial charge >= 0.3 is 0 Å². The van der Waals surface area contributed by atoms with Gasteiger partial charge in [-0.05, 0) is 79.2 Å². The number of imidazole rings is 2. The minimum Gasteiger partial charge on any atom is -0.277 e. The molecule has 0 aliphatic carbocycles. The van der Waals surface area contributed by atoms with Gasteiger partial charge in [0.15, 0.2) is 5.65 Å². The summed E-state index contributed by atoms with van der Waals surface area (Å²) in [5, 5.41) is 5.98. The van der Waals surface area contributed by atoms with Crippen LogP contribution in [0.25, 0.3) is 111 Å². The first-order chi connectivity index (χ1) is 28.8. The lowest BCUT2D eigenvalue weighted by Gasteiger charge is -2.19. The van der Waals surface area contributed by atoms with E-state index in [1.54, 1.807) is 0 Å². The van der Waals surface area contributed by atoms with Crippen LogP contribution in [0.2, 0.25) is 0 Å². The van der Waals surface area contributed by atoms with Gasteiger partial charge in [0, 0.05) is 16.5 Å². The molecule has 0 fully saturated rings. The van der Waals surface area contributed by atoms with Crippen molar-refractivity contribution in [2.45, 2.75) is 0 Å². The minimum absolute atomic E-state index is 0.832. The third-order valence-electron chi connectivity index (χ3n) is 11.7. The number of hydrogen-bond acceptors (Lipinski definition) is 2. The first kappa shape index (κ1) is 32.4. The zero-order valence-corrected chi connectivity index (χ0v) is 31.4. The fourth-order valence-corrected chi connectivity index (χ4v) is 9.22. The number of para-hydroxylation sites is 2. The molecule has 12 aromatic rings. The number of fused-ring (bicyclic) bond motifs is 10. The Balaban J connectivity index is 1.26. The molecule has 0 aliphatic heterocycles. The van der Waals surface area contributed by atoms with Gasteiger partial charge in [-0.2, -0.15) is 0 Å². The van der Waals surface area contributed by atoms with Crippen molar-refractivity contribution in [1.82, 2.24) is 18.8 Å². The summed E-state index contributed by atoms with van der Waals surface area (Å²) in [7, 11) is 0. The van der Waals surface area contributed by atoms with E-state index in [1.807, 2.05) is 0 Å². The number of nitrogens with zero attached hydrogens (tertiary/aromatic N) is 4. The molecule has 12 rings (SSSR count). The third kappa shape index (κ3) is 4.82. The van der Waals surface area contributed by atoms with Crippen molar-refractivity contribution in [3.05, 3.63) is 206 Å². The van der Waals surface area contributed by atoms with Gasteiger partial charge in [-0.3, -0.25) is 8.80 Å². The van der Waals surface area contributed by atoms with Crippen LogP contribution in [0.1, 0.15) is 0 Å². The second-order valence-electron chi connectivity index (χ2n) is 14.9. The van der Waals surface area contributed by atoms with E-state index >= 15 is 0 Å². The third-order valence-corrected chi connectivity index (χ3v) is 11.7. The highest BCUT2D eigenvalue weighted by molar-refractivity contribution is 6.22. The summed E-state index contributed by atoms with van der Waals surface area (Å²) in [6, 6.07) is 73.8. The Morgan fingerprint density at radius 3 is 1.55 bits per heavy atom. The number of rotatable bonds is 5. The lowest BCUT2D eigenvalue weighted by molar-refractivity contribution is 1.12. The van der Waals surface area contributed by atoms with E-state index in [9.17, 15) is 0 Å². The van der Waals surface area contributed by atoms with Gasteiger partial charge in [0.05, 0.1) is 27.9 Å². The highest BCUT2D eigenvalue weighted by Gasteiger charge is 2.25. The molecule has 0 atom stereocenters. The molecule has 9 aromatic carbocycles. The molecule has 0 amide bonds. The standard InChI is InChI=1S/C54H34N4/c1-5-18-35(19-6-1)48-41-26-13-14-27-42(41)49(36-20-7-2-8-21-36)44-34-39(32-33-43(44)48)40-28-17-31-47-50(40)53-56-51(37-22-9-3-10-23-37)52(38-24-11-4-12-25-38)58(53)54-55-45-29-15-16-30-46(45)57(47)54/h1-34H. The zero-order chi connectivity index (χ0) is 38.2. The van der Waals surface area contributed by atoms with Crippen molar-refractivity contribution in [2.24, 2.45) is 0 Å². The molecule has 0 saturated heterocycles. The highest BCUT2D eigenvalue weighted by atomic mass is 15.2. The number of aromatic nitrogens is 4. The van der Waals surface area contributed by atoms with Gasteiger partial charge in [0.25, 0.3) is 0 Å². The molecule has 0 saturated carbocycles. The largest absolute Gasteiger partial charge is 0.277 e. The maximum atomic E-state index is 5.63. The number of benzene rings is 9. The fraction of sp³-hybridized carbons (Fsp3) is 0. The van der Waals surface area contributed by atoms with Gasteiger partial charge in [0.1, 0.15) is 0 Å². The fourth-order valence-electron chi connectivity index (χ4n) is 9.22. The second-order valence-corrected chi connectivity index (χ2v) is 14.9. The predicted molar refractivity (Wildman–Crippen MR) is 241 cm³/mol. The molecule has 0 unspecified atom stereocenters. The molecular weight excluding hydrogens is 705 g/mol. The van der Waals surface area contributed by atoms with E-state index in [4.69, 9.17) is 9.97 Å². The van der Waals surface area contributed by atoms with Crippen molar-refractivity contribution in [3.8, 4) is 55.9 Å². The molecule has 3 aromatic heterocycles. The molecule has 0 radical (unpaired) electrons. The summed E-state index contributed by atoms with van der Waals surface area (Å²) in [5.41, 5.74) is 15.1. The van der Waals surface area contributed by atoms with E-state index in [-0.39, 0.29) is 0 Å². The van der Waals surface area contributed by atoms with Gasteiger partial charge in [0.2, 0.25) is 5.78 Å². The van der Waals surface area contributed by atoms with Crippen LogP contribution in [-0.4, -0.2) is 18.8 Å². The second kappa shape index (κ2) is 12.9. The molecule has 58 heavy (non-hydrogen) atoms. The highest BCUT2D eigenvalue weighted by Crippen LogP contribution is 2.46. The van der Waals surface area contributed by atoms with E-state index in [0.29, 0.717) is 0 Å². The normalized spacial score (nSPS) is 11.8. The van der Waals surface area contributed by atoms with Crippen molar-refractivity contribution in [3.63, 3.8) is 0 Å². The summed E-state index contributed by atoms with van der Waals surface area (Å²) >= 11 is 0. The zero-order valence-electron chi connectivity index (χ0n) is 31.4. The van der Waals surface area contributed by atoms with Crippen LogP contribution in [0, 0.1) is 0 Å². The van der Waals surface area contributed by atoms with Crippen molar-refractivity contribution in [1.29, 1.82) is 0 Å². The van der Waals surface area contributed by atoms with Crippen LogP contribution in [-0.2, 0) is 0 Å². The Bertz CT molecular complexity index is 3530. The molecule has 0 N–H and O–H groups in total. The van der Waals surface area contributed by atoms with E-state index < -0.39 is 0 Å². The van der Waals surface area contributed by atoms with Gasteiger partial charge in [-0.25, -0.2) is 9.97 Å². The quantitative estimate of drug-likeness (QED) is 0.165. The Morgan fingerprint density at radius 2 is 0.879 bits per heavy atom. The Labute approximate surface area is 334 Å². The van der Waals surface area contributed by atoms with E-state index in [2.05, 4.69) is 215 Å². The molecule has 3 heterocycles. The van der Waals surface area contributed by atoms with Gasteiger partial charge in [-0.1, -0.05) is 182 Å². The average Bonchev–Trinajstić information content (AvgIpc) is 3.89. The van der Waals surface area contributed by atoms with E-state index in [0.717, 1.165) is 67.0 Å². The SMILES string of the molecule is c1ccc(-c2nc3c4c(-c5ccc6c(-c7ccccc7)c7ccccc7c(-c7ccccc7)c6c5)cccc4n4c5ccccc5nc4n3c2-c2ccccc2)cc1. The Kier molecular flexibility index (Phi) is 7.20. The molecule has 0 spiro atoms. The minimum atomic E-state index is 0.832. The van der Waals surface area contributed by atoms with Gasteiger partial charge < -0.3 is 0 Å². The summed E-state index contributed by atoms with van der Waals surface area (Å²) in [5.74, 6) is 0.832. The smallest absolute Gasteiger partial charge is 0.221 e. The lowest BCUT2D eigenvalue weighted by Crippen LogP contribution is -2.01. The molecule has 0 aliphatic rings. The molecule has 270 valence electrons. The van der Waals surface area contributed by atoms with Crippen molar-refractivity contribution >= 4 is 54.9 Å². The predicted octanol–water partition coefficient (Wildman–Crippen LogP) is 13.9. The summed E-state index contributed by atoms with van der Waals surface area (Å²) in [6.07, 6.45) is 0. The molecular formula is C54H34N4. The lowest BCUT2D eigenvalue weighted by atomic mass is 9.84. The van der Waals surface area contributed by atoms with Crippen LogP contribution in [0.3, 0.4) is 0 Å². The topological polar surface area (TPSA) is 34.6 Å². The van der Waals surface area contributed by atoms with Crippen LogP contribution < -0.4 is 0 Å². The van der Waals surface area contributed by atoms with Crippen LogP contribution in [0.4, 0.5) is 0 Å². The van der Waals surface area contributed by atoms with Gasteiger partial charge in [-0.15, -0.1) is 0 Å². The summed E-state index contributed by atoms with van der Waals surface area (Å²) < 4.78 is 4.61. The first-order valence-electron chi connectivity index (χ1n) is 19.8. The van der Waals surface area contributed by atoms with Crippen molar-refractivity contribution in [2.75, 3.05) is 0 Å². The molecule has 0 bridgehead atoms. The maximum absolute atomic E-state index is 5.63.